The molecule has 0 atom stereocenters. The van der Waals surface area contributed by atoms with E-state index in [-0.39, 0.29) is 5.91 Å². The first-order valence-corrected chi connectivity index (χ1v) is 7.77. The van der Waals surface area contributed by atoms with Gasteiger partial charge in [0.05, 0.1) is 21.8 Å². The Morgan fingerprint density at radius 1 is 1.17 bits per heavy atom. The standard InChI is InChI=1S/C17H13Cl2N3O2/c1-9(8-21-20-2)15-13-5-6-14(24-13)16(15)17(23)22-10-3-4-11(18)12(19)7-10/h3-8,20H,1H2,2H3,(H,22,23)/b21-8-. The third kappa shape index (κ3) is 2.96. The van der Waals surface area contributed by atoms with E-state index in [1.807, 2.05) is 0 Å². The van der Waals surface area contributed by atoms with Crippen LogP contribution in [0.5, 0.6) is 0 Å². The highest BCUT2D eigenvalue weighted by atomic mass is 35.5. The molecule has 3 aromatic rings. The van der Waals surface area contributed by atoms with Crippen molar-refractivity contribution in [2.24, 2.45) is 5.10 Å². The zero-order valence-corrected chi connectivity index (χ0v) is 14.2. The molecular formula is C17H13Cl2N3O2. The minimum atomic E-state index is -0.322. The molecule has 2 aromatic heterocycles. The molecule has 0 aliphatic heterocycles. The fourth-order valence-electron chi connectivity index (χ4n) is 2.37. The van der Waals surface area contributed by atoms with Gasteiger partial charge < -0.3 is 15.2 Å². The molecule has 5 nitrogen and oxygen atoms in total. The van der Waals surface area contributed by atoms with Crippen LogP contribution >= 0.6 is 23.2 Å². The van der Waals surface area contributed by atoms with Gasteiger partial charge in [-0.25, -0.2) is 0 Å². The van der Waals surface area contributed by atoms with Crippen LogP contribution in [-0.4, -0.2) is 19.2 Å². The molecule has 122 valence electrons. The smallest absolute Gasteiger partial charge is 0.260 e. The Morgan fingerprint density at radius 2 is 1.88 bits per heavy atom. The summed E-state index contributed by atoms with van der Waals surface area (Å²) in [7, 11) is 1.68. The Balaban J connectivity index is 1.94. The summed E-state index contributed by atoms with van der Waals surface area (Å²) in [4.78, 5) is 12.7. The number of nitrogens with zero attached hydrogens (tertiary/aromatic N) is 1. The molecule has 0 spiro atoms. The summed E-state index contributed by atoms with van der Waals surface area (Å²) in [6.07, 6.45) is 1.53. The van der Waals surface area contributed by atoms with E-state index in [1.54, 1.807) is 37.4 Å². The van der Waals surface area contributed by atoms with E-state index in [0.717, 1.165) is 0 Å². The number of rotatable bonds is 5. The predicted octanol–water partition coefficient (Wildman–Crippen LogP) is 4.65. The van der Waals surface area contributed by atoms with Crippen LogP contribution in [0.3, 0.4) is 0 Å². The summed E-state index contributed by atoms with van der Waals surface area (Å²) < 4.78 is 5.60. The topological polar surface area (TPSA) is 66.6 Å². The lowest BCUT2D eigenvalue weighted by Gasteiger charge is -2.08. The highest BCUT2D eigenvalue weighted by molar-refractivity contribution is 6.42. The lowest BCUT2D eigenvalue weighted by molar-refractivity contribution is 0.102. The number of amides is 1. The molecule has 0 aliphatic rings. The maximum atomic E-state index is 12.7. The third-order valence-corrected chi connectivity index (χ3v) is 4.16. The number of hydrogen-bond donors (Lipinski definition) is 2. The maximum absolute atomic E-state index is 12.7. The summed E-state index contributed by atoms with van der Waals surface area (Å²) in [6.45, 7) is 3.94. The SMILES string of the molecule is C=C(/C=N\NC)c1c(C(=O)Nc2ccc(Cl)c(Cl)c2)c2ccc1o2. The number of allylic oxidation sites excluding steroid dienone is 1. The van der Waals surface area contributed by atoms with Crippen molar-refractivity contribution < 1.29 is 9.21 Å². The fraction of sp³-hybridized carbons (Fsp3) is 0.0588. The Morgan fingerprint density at radius 3 is 2.54 bits per heavy atom. The van der Waals surface area contributed by atoms with Gasteiger partial charge in [0.2, 0.25) is 0 Å². The lowest BCUT2D eigenvalue weighted by Crippen LogP contribution is -2.13. The number of carbonyl (C=O) groups is 1. The van der Waals surface area contributed by atoms with Gasteiger partial charge >= 0.3 is 0 Å². The van der Waals surface area contributed by atoms with Crippen molar-refractivity contribution in [3.63, 3.8) is 0 Å². The molecule has 2 N–H and O–H groups in total. The van der Waals surface area contributed by atoms with Crippen LogP contribution in [-0.2, 0) is 0 Å². The predicted molar refractivity (Wildman–Crippen MR) is 98.4 cm³/mol. The van der Waals surface area contributed by atoms with Crippen molar-refractivity contribution >= 4 is 57.8 Å². The number of fused-ring (bicyclic) bond motifs is 2. The van der Waals surface area contributed by atoms with Crippen molar-refractivity contribution in [2.45, 2.75) is 0 Å². The van der Waals surface area contributed by atoms with Gasteiger partial charge in [0, 0.05) is 18.3 Å². The van der Waals surface area contributed by atoms with Gasteiger partial charge in [-0.1, -0.05) is 29.8 Å². The van der Waals surface area contributed by atoms with E-state index in [1.165, 1.54) is 6.21 Å². The number of carbonyl (C=O) groups excluding carboxylic acids is 1. The molecule has 24 heavy (non-hydrogen) atoms. The normalized spacial score (nSPS) is 11.3. The largest absolute Gasteiger partial charge is 0.456 e. The number of hydrogen-bond acceptors (Lipinski definition) is 4. The summed E-state index contributed by atoms with van der Waals surface area (Å²) in [5, 5.41) is 7.49. The fourth-order valence-corrected chi connectivity index (χ4v) is 2.67. The van der Waals surface area contributed by atoms with Crippen LogP contribution in [0.15, 0.2) is 46.4 Å². The van der Waals surface area contributed by atoms with Crippen LogP contribution in [0.1, 0.15) is 15.9 Å². The van der Waals surface area contributed by atoms with Gasteiger partial charge in [0.15, 0.2) is 0 Å². The molecular weight excluding hydrogens is 349 g/mol. The Bertz CT molecular complexity index is 947. The van der Waals surface area contributed by atoms with E-state index in [2.05, 4.69) is 22.4 Å². The third-order valence-electron chi connectivity index (χ3n) is 3.42. The second kappa shape index (κ2) is 6.55. The second-order valence-electron chi connectivity index (χ2n) is 5.00. The molecule has 2 heterocycles. The first-order valence-electron chi connectivity index (χ1n) is 7.01. The number of nitrogens with one attached hydrogen (secondary N) is 2. The Labute approximate surface area is 148 Å². The molecule has 0 aliphatic carbocycles. The van der Waals surface area contributed by atoms with Gasteiger partial charge in [-0.15, -0.1) is 0 Å². The highest BCUT2D eigenvalue weighted by Gasteiger charge is 2.24. The minimum absolute atomic E-state index is 0.322. The maximum Gasteiger partial charge on any atom is 0.260 e. The highest BCUT2D eigenvalue weighted by Crippen LogP contribution is 2.33. The van der Waals surface area contributed by atoms with Crippen LogP contribution < -0.4 is 10.7 Å². The average Bonchev–Trinajstić information content (AvgIpc) is 3.17. The minimum Gasteiger partial charge on any atom is -0.456 e. The van der Waals surface area contributed by atoms with Crippen LogP contribution in [0.25, 0.3) is 16.7 Å². The Hall–Kier alpha value is -2.50. The summed E-state index contributed by atoms with van der Waals surface area (Å²) in [5.41, 5.74) is 5.83. The molecule has 0 fully saturated rings. The molecule has 1 amide bonds. The van der Waals surface area contributed by atoms with E-state index in [9.17, 15) is 4.79 Å². The zero-order chi connectivity index (χ0) is 17.3. The van der Waals surface area contributed by atoms with Gasteiger partial charge in [-0.3, -0.25) is 4.79 Å². The van der Waals surface area contributed by atoms with Crippen LogP contribution in [0, 0.1) is 0 Å². The van der Waals surface area contributed by atoms with E-state index >= 15 is 0 Å². The number of furan rings is 2. The lowest BCUT2D eigenvalue weighted by atomic mass is 10.0. The first-order chi connectivity index (χ1) is 11.5. The van der Waals surface area contributed by atoms with E-state index in [4.69, 9.17) is 27.6 Å². The molecule has 0 saturated carbocycles. The van der Waals surface area contributed by atoms with Crippen molar-refractivity contribution in [3.8, 4) is 0 Å². The first kappa shape index (κ1) is 16.4. The van der Waals surface area contributed by atoms with Gasteiger partial charge in [-0.2, -0.15) is 5.10 Å². The van der Waals surface area contributed by atoms with E-state index in [0.29, 0.717) is 43.6 Å². The number of hydrazone groups is 1. The summed E-state index contributed by atoms with van der Waals surface area (Å²) in [6, 6.07) is 8.41. The van der Waals surface area contributed by atoms with Gasteiger partial charge in [-0.05, 0) is 35.9 Å². The van der Waals surface area contributed by atoms with Gasteiger partial charge in [0.1, 0.15) is 11.2 Å². The number of anilines is 1. The zero-order valence-electron chi connectivity index (χ0n) is 12.7. The van der Waals surface area contributed by atoms with Crippen molar-refractivity contribution in [1.82, 2.24) is 5.43 Å². The van der Waals surface area contributed by atoms with Crippen molar-refractivity contribution in [2.75, 3.05) is 12.4 Å². The molecule has 0 unspecified atom stereocenters. The Kier molecular flexibility index (Phi) is 4.46. The molecule has 3 rings (SSSR count). The van der Waals surface area contributed by atoms with Crippen molar-refractivity contribution in [3.05, 3.63) is 58.1 Å². The summed E-state index contributed by atoms with van der Waals surface area (Å²) in [5.74, 6) is -0.322. The second-order valence-corrected chi connectivity index (χ2v) is 5.82. The van der Waals surface area contributed by atoms with Crippen LogP contribution in [0.2, 0.25) is 10.0 Å². The average molecular weight is 362 g/mol. The number of benzene rings is 2. The quantitative estimate of drug-likeness (QED) is 0.513. The molecule has 7 heteroatoms. The van der Waals surface area contributed by atoms with E-state index < -0.39 is 0 Å². The monoisotopic (exact) mass is 361 g/mol. The molecule has 0 radical (unpaired) electrons. The molecule has 2 bridgehead atoms. The summed E-state index contributed by atoms with van der Waals surface area (Å²) >= 11 is 11.9. The van der Waals surface area contributed by atoms with Crippen LogP contribution in [0.4, 0.5) is 5.69 Å². The molecule has 1 aromatic carbocycles. The number of halogens is 2. The molecule has 0 saturated heterocycles. The van der Waals surface area contributed by atoms with Gasteiger partial charge in [0.25, 0.3) is 5.91 Å². The van der Waals surface area contributed by atoms with Crippen molar-refractivity contribution in [1.29, 1.82) is 0 Å².